The van der Waals surface area contributed by atoms with E-state index >= 15 is 0 Å². The molecule has 9 nitrogen and oxygen atoms in total. The Morgan fingerprint density at radius 1 is 1.17 bits per heavy atom. The van der Waals surface area contributed by atoms with Gasteiger partial charge in [-0.05, 0) is 48.7 Å². The van der Waals surface area contributed by atoms with Crippen molar-refractivity contribution in [3.8, 4) is 5.75 Å². The van der Waals surface area contributed by atoms with E-state index in [0.717, 1.165) is 0 Å². The van der Waals surface area contributed by atoms with Gasteiger partial charge in [-0.2, -0.15) is 0 Å². The molecule has 0 aromatic heterocycles. The number of likely N-dealkylation sites (N-methyl/N-ethyl adjacent to an activating group) is 1. The quantitative estimate of drug-likeness (QED) is 0.607. The van der Waals surface area contributed by atoms with E-state index in [2.05, 4.69) is 10.6 Å². The highest BCUT2D eigenvalue weighted by Crippen LogP contribution is 2.32. The van der Waals surface area contributed by atoms with Gasteiger partial charge in [0.15, 0.2) is 0 Å². The first-order valence-electron chi connectivity index (χ1n) is 11.8. The lowest BCUT2D eigenvalue weighted by molar-refractivity contribution is -0.134. The van der Waals surface area contributed by atoms with Gasteiger partial charge in [-0.15, -0.1) is 0 Å². The highest BCUT2D eigenvalue weighted by molar-refractivity contribution is 6.00. The van der Waals surface area contributed by atoms with E-state index in [4.69, 9.17) is 14.2 Å². The molecular formula is C26H30FN3O6. The Kier molecular flexibility index (Phi) is 8.17. The van der Waals surface area contributed by atoms with Crippen LogP contribution in [0.3, 0.4) is 0 Å². The molecule has 0 unspecified atom stereocenters. The fourth-order valence-corrected chi connectivity index (χ4v) is 4.56. The van der Waals surface area contributed by atoms with Gasteiger partial charge in [0, 0.05) is 26.4 Å². The van der Waals surface area contributed by atoms with Crippen molar-refractivity contribution in [3.05, 3.63) is 59.4 Å². The lowest BCUT2D eigenvalue weighted by Crippen LogP contribution is -2.53. The lowest BCUT2D eigenvalue weighted by Gasteiger charge is -2.42. The minimum atomic E-state index is -0.400. The SMILES string of the molecule is COCC(=O)Nc1ccc2c(c1)C(=O)N(C)[C@H]1CC[C@@H](CC(=O)NCc3cccc(F)c3)O[C@H]1CO2. The van der Waals surface area contributed by atoms with E-state index < -0.39 is 6.10 Å². The van der Waals surface area contributed by atoms with Crippen molar-refractivity contribution >= 4 is 23.4 Å². The minimum absolute atomic E-state index is 0.0908. The lowest BCUT2D eigenvalue weighted by atomic mass is 9.94. The van der Waals surface area contributed by atoms with Crippen molar-refractivity contribution in [2.75, 3.05) is 32.7 Å². The van der Waals surface area contributed by atoms with Crippen LogP contribution in [0.25, 0.3) is 0 Å². The van der Waals surface area contributed by atoms with E-state index in [9.17, 15) is 18.8 Å². The van der Waals surface area contributed by atoms with E-state index in [1.54, 1.807) is 42.3 Å². The van der Waals surface area contributed by atoms with Crippen molar-refractivity contribution in [3.63, 3.8) is 0 Å². The molecule has 192 valence electrons. The molecule has 0 saturated carbocycles. The summed E-state index contributed by atoms with van der Waals surface area (Å²) in [4.78, 5) is 39.2. The number of benzene rings is 2. The summed E-state index contributed by atoms with van der Waals surface area (Å²) in [6.07, 6.45) is 0.701. The predicted molar refractivity (Wildman–Crippen MR) is 129 cm³/mol. The molecule has 2 aliphatic heterocycles. The van der Waals surface area contributed by atoms with Crippen LogP contribution in [0.15, 0.2) is 42.5 Å². The number of carbonyl (C=O) groups excluding carboxylic acids is 3. The smallest absolute Gasteiger partial charge is 0.257 e. The van der Waals surface area contributed by atoms with Gasteiger partial charge in [-0.25, -0.2) is 4.39 Å². The number of nitrogens with zero attached hydrogens (tertiary/aromatic N) is 1. The Hall–Kier alpha value is -3.50. The molecule has 3 amide bonds. The standard InChI is InChI=1S/C26H30FN3O6/c1-30-21-8-7-19(12-24(31)28-13-16-4-3-5-17(27)10-16)36-23(21)14-35-22-9-6-18(11-20(22)26(30)33)29-25(32)15-34-2/h3-6,9-11,19,21,23H,7-8,12-15H2,1-2H3,(H,28,31)(H,29,32)/t19-,21-,23-/m0/s1. The molecule has 0 spiro atoms. The van der Waals surface area contributed by atoms with Crippen LogP contribution >= 0.6 is 0 Å². The molecule has 1 saturated heterocycles. The highest BCUT2D eigenvalue weighted by Gasteiger charge is 2.39. The monoisotopic (exact) mass is 499 g/mol. The van der Waals surface area contributed by atoms with E-state index in [1.165, 1.54) is 19.2 Å². The van der Waals surface area contributed by atoms with Crippen molar-refractivity contribution in [2.24, 2.45) is 0 Å². The molecule has 2 aromatic rings. The summed E-state index contributed by atoms with van der Waals surface area (Å²) < 4.78 is 30.3. The highest BCUT2D eigenvalue weighted by atomic mass is 19.1. The Balaban J connectivity index is 1.37. The number of hydrogen-bond acceptors (Lipinski definition) is 6. The van der Waals surface area contributed by atoms with E-state index in [1.807, 2.05) is 0 Å². The zero-order chi connectivity index (χ0) is 25.7. The molecule has 3 atom stereocenters. The van der Waals surface area contributed by atoms with Gasteiger partial charge in [0.05, 0.1) is 24.1 Å². The Bertz CT molecular complexity index is 1130. The van der Waals surface area contributed by atoms with Crippen molar-refractivity contribution in [1.29, 1.82) is 0 Å². The number of nitrogens with one attached hydrogen (secondary N) is 2. The van der Waals surface area contributed by atoms with E-state index in [0.29, 0.717) is 35.4 Å². The molecule has 1 fully saturated rings. The summed E-state index contributed by atoms with van der Waals surface area (Å²) in [5.41, 5.74) is 1.51. The Labute approximate surface area is 208 Å². The predicted octanol–water partition coefficient (Wildman–Crippen LogP) is 2.50. The average Bonchev–Trinajstić information content (AvgIpc) is 2.85. The van der Waals surface area contributed by atoms with Gasteiger partial charge < -0.3 is 29.7 Å². The van der Waals surface area contributed by atoms with Gasteiger partial charge in [0.2, 0.25) is 11.8 Å². The number of anilines is 1. The van der Waals surface area contributed by atoms with Gasteiger partial charge in [-0.3, -0.25) is 14.4 Å². The molecule has 2 N–H and O–H groups in total. The van der Waals surface area contributed by atoms with Gasteiger partial charge >= 0.3 is 0 Å². The first-order chi connectivity index (χ1) is 17.3. The summed E-state index contributed by atoms with van der Waals surface area (Å²) in [6.45, 7) is 0.360. The number of carbonyl (C=O) groups is 3. The van der Waals surface area contributed by atoms with Crippen LogP contribution in [0, 0.1) is 5.82 Å². The number of methoxy groups -OCH3 is 1. The number of amides is 3. The van der Waals surface area contributed by atoms with Crippen molar-refractivity contribution < 1.29 is 33.0 Å². The normalized spacial score (nSPS) is 21.4. The van der Waals surface area contributed by atoms with Crippen LogP contribution in [0.4, 0.5) is 10.1 Å². The second-order valence-electron chi connectivity index (χ2n) is 8.97. The first-order valence-corrected chi connectivity index (χ1v) is 11.8. The number of ether oxygens (including phenoxy) is 3. The molecule has 2 heterocycles. The largest absolute Gasteiger partial charge is 0.490 e. The van der Waals surface area contributed by atoms with Gasteiger partial charge in [0.25, 0.3) is 5.91 Å². The zero-order valence-corrected chi connectivity index (χ0v) is 20.3. The Morgan fingerprint density at radius 3 is 2.78 bits per heavy atom. The zero-order valence-electron chi connectivity index (χ0n) is 20.3. The molecule has 4 rings (SSSR count). The number of halogens is 1. The third kappa shape index (κ3) is 6.19. The molecule has 0 radical (unpaired) electrons. The molecule has 2 aliphatic rings. The maximum Gasteiger partial charge on any atom is 0.257 e. The Morgan fingerprint density at radius 2 is 2.00 bits per heavy atom. The van der Waals surface area contributed by atoms with Crippen LogP contribution in [0.2, 0.25) is 0 Å². The van der Waals surface area contributed by atoms with Gasteiger partial charge in [-0.1, -0.05) is 12.1 Å². The van der Waals surface area contributed by atoms with Gasteiger partial charge in [0.1, 0.15) is 30.9 Å². The summed E-state index contributed by atoms with van der Waals surface area (Å²) in [5.74, 6) is -0.699. The maximum atomic E-state index is 13.3. The summed E-state index contributed by atoms with van der Waals surface area (Å²) >= 11 is 0. The first kappa shape index (κ1) is 25.6. The third-order valence-electron chi connectivity index (χ3n) is 6.36. The summed E-state index contributed by atoms with van der Waals surface area (Å²) in [6, 6.07) is 10.8. The molecule has 0 bridgehead atoms. The molecule has 2 aromatic carbocycles. The molecule has 0 aliphatic carbocycles. The van der Waals surface area contributed by atoms with Crippen LogP contribution in [-0.2, 0) is 25.6 Å². The molecule has 10 heteroatoms. The van der Waals surface area contributed by atoms with Crippen molar-refractivity contribution in [2.45, 2.75) is 44.1 Å². The minimum Gasteiger partial charge on any atom is -0.490 e. The average molecular weight is 500 g/mol. The molecular weight excluding hydrogens is 469 g/mol. The molecule has 36 heavy (non-hydrogen) atoms. The van der Waals surface area contributed by atoms with Crippen LogP contribution in [-0.4, -0.2) is 68.2 Å². The fourth-order valence-electron chi connectivity index (χ4n) is 4.56. The van der Waals surface area contributed by atoms with Crippen LogP contribution in [0.5, 0.6) is 5.75 Å². The van der Waals surface area contributed by atoms with E-state index in [-0.39, 0.29) is 61.9 Å². The number of rotatable bonds is 7. The summed E-state index contributed by atoms with van der Waals surface area (Å²) in [5, 5.41) is 5.50. The van der Waals surface area contributed by atoms with Crippen molar-refractivity contribution in [1.82, 2.24) is 10.2 Å². The number of fused-ring (bicyclic) bond motifs is 2. The third-order valence-corrected chi connectivity index (χ3v) is 6.36. The second-order valence-corrected chi connectivity index (χ2v) is 8.97. The topological polar surface area (TPSA) is 106 Å². The second kappa shape index (κ2) is 11.5. The fraction of sp³-hybridized carbons (Fsp3) is 0.423. The maximum absolute atomic E-state index is 13.3. The summed E-state index contributed by atoms with van der Waals surface area (Å²) in [7, 11) is 3.15. The number of hydrogen-bond donors (Lipinski definition) is 2. The van der Waals surface area contributed by atoms with Crippen LogP contribution < -0.4 is 15.4 Å². The van der Waals surface area contributed by atoms with Crippen LogP contribution in [0.1, 0.15) is 35.2 Å².